The van der Waals surface area contributed by atoms with Crippen molar-refractivity contribution in [2.24, 2.45) is 0 Å². The van der Waals surface area contributed by atoms with E-state index in [2.05, 4.69) is 5.32 Å². The molecule has 2 amide bonds. The van der Waals surface area contributed by atoms with Crippen molar-refractivity contribution in [3.63, 3.8) is 0 Å². The molecule has 0 spiro atoms. The van der Waals surface area contributed by atoms with Gasteiger partial charge in [-0.1, -0.05) is 0 Å². The maximum absolute atomic E-state index is 12.6. The molecule has 0 aromatic carbocycles. The Hall–Kier alpha value is -2.80. The number of thiophene rings is 1. The molecule has 0 saturated heterocycles. The number of nitrogens with one attached hydrogen (secondary N) is 1. The third kappa shape index (κ3) is 5.10. The van der Waals surface area contributed by atoms with Gasteiger partial charge in [0, 0.05) is 23.9 Å². The zero-order chi connectivity index (χ0) is 18.2. The van der Waals surface area contributed by atoms with E-state index in [1.165, 1.54) is 11.3 Å². The minimum Gasteiger partial charge on any atom is -0.467 e. The van der Waals surface area contributed by atoms with Crippen LogP contribution in [0.5, 0.6) is 0 Å². The summed E-state index contributed by atoms with van der Waals surface area (Å²) >= 11 is 1.48. The second-order valence-electron chi connectivity index (χ2n) is 5.78. The van der Waals surface area contributed by atoms with E-state index in [9.17, 15) is 9.59 Å². The Balaban J connectivity index is 1.49. The molecule has 136 valence electrons. The second-order valence-corrected chi connectivity index (χ2v) is 6.56. The Kier molecular flexibility index (Phi) is 6.27. The number of hydrogen-bond acceptors (Lipinski definition) is 5. The molecule has 0 atom stereocenters. The van der Waals surface area contributed by atoms with Crippen molar-refractivity contribution in [3.8, 4) is 0 Å². The maximum Gasteiger partial charge on any atom is 0.252 e. The van der Waals surface area contributed by atoms with Gasteiger partial charge in [0.25, 0.3) is 5.91 Å². The first-order chi connectivity index (χ1) is 12.7. The van der Waals surface area contributed by atoms with Crippen LogP contribution in [0.4, 0.5) is 0 Å². The Bertz CT molecular complexity index is 759. The zero-order valence-electron chi connectivity index (χ0n) is 14.2. The SMILES string of the molecule is O=C(NCCCC(=O)N(Cc1ccco1)Cc1ccco1)c1ccsc1. The van der Waals surface area contributed by atoms with E-state index in [4.69, 9.17) is 8.83 Å². The van der Waals surface area contributed by atoms with Gasteiger partial charge in [-0.2, -0.15) is 11.3 Å². The summed E-state index contributed by atoms with van der Waals surface area (Å²) in [7, 11) is 0. The smallest absolute Gasteiger partial charge is 0.252 e. The zero-order valence-corrected chi connectivity index (χ0v) is 15.0. The third-order valence-corrected chi connectivity index (χ3v) is 4.53. The number of furan rings is 2. The molecule has 26 heavy (non-hydrogen) atoms. The molecule has 7 heteroatoms. The Morgan fingerprint density at radius 1 is 1.04 bits per heavy atom. The average molecular weight is 372 g/mol. The van der Waals surface area contributed by atoms with Crippen LogP contribution in [0, 0.1) is 0 Å². The van der Waals surface area contributed by atoms with Gasteiger partial charge < -0.3 is 19.1 Å². The summed E-state index contributed by atoms with van der Waals surface area (Å²) in [4.78, 5) is 26.2. The average Bonchev–Trinajstić information content (AvgIpc) is 3.41. The van der Waals surface area contributed by atoms with Crippen LogP contribution in [0.2, 0.25) is 0 Å². The number of carbonyl (C=O) groups excluding carboxylic acids is 2. The predicted octanol–water partition coefficient (Wildman–Crippen LogP) is 3.67. The first-order valence-electron chi connectivity index (χ1n) is 8.35. The second kappa shape index (κ2) is 9.05. The van der Waals surface area contributed by atoms with Gasteiger partial charge in [0.2, 0.25) is 5.91 Å². The summed E-state index contributed by atoms with van der Waals surface area (Å²) in [6.07, 6.45) is 4.09. The molecule has 0 radical (unpaired) electrons. The van der Waals surface area contributed by atoms with Gasteiger partial charge in [-0.05, 0) is 42.1 Å². The molecule has 0 aliphatic rings. The highest BCUT2D eigenvalue weighted by Crippen LogP contribution is 2.13. The molecule has 3 heterocycles. The number of amides is 2. The van der Waals surface area contributed by atoms with Crippen molar-refractivity contribution in [2.75, 3.05) is 6.54 Å². The number of nitrogens with zero attached hydrogens (tertiary/aromatic N) is 1. The van der Waals surface area contributed by atoms with Crippen LogP contribution >= 0.6 is 11.3 Å². The molecule has 0 aliphatic heterocycles. The summed E-state index contributed by atoms with van der Waals surface area (Å²) in [6, 6.07) is 9.04. The summed E-state index contributed by atoms with van der Waals surface area (Å²) in [6.45, 7) is 1.22. The summed E-state index contributed by atoms with van der Waals surface area (Å²) in [5, 5.41) is 6.49. The van der Waals surface area contributed by atoms with Gasteiger partial charge >= 0.3 is 0 Å². The fourth-order valence-electron chi connectivity index (χ4n) is 2.51. The first-order valence-corrected chi connectivity index (χ1v) is 9.29. The number of hydrogen-bond donors (Lipinski definition) is 1. The van der Waals surface area contributed by atoms with Gasteiger partial charge in [0.05, 0.1) is 25.6 Å². The Morgan fingerprint density at radius 2 is 1.73 bits per heavy atom. The Morgan fingerprint density at radius 3 is 2.27 bits per heavy atom. The van der Waals surface area contributed by atoms with Crippen LogP contribution < -0.4 is 5.32 Å². The molecule has 6 nitrogen and oxygen atoms in total. The topological polar surface area (TPSA) is 75.7 Å². The fraction of sp³-hybridized carbons (Fsp3) is 0.263. The molecular weight excluding hydrogens is 352 g/mol. The lowest BCUT2D eigenvalue weighted by atomic mass is 10.2. The monoisotopic (exact) mass is 372 g/mol. The molecule has 0 aliphatic carbocycles. The van der Waals surface area contributed by atoms with E-state index in [1.807, 2.05) is 17.5 Å². The van der Waals surface area contributed by atoms with E-state index in [1.54, 1.807) is 41.0 Å². The van der Waals surface area contributed by atoms with E-state index in [0.717, 1.165) is 11.5 Å². The van der Waals surface area contributed by atoms with Crippen LogP contribution in [-0.4, -0.2) is 23.3 Å². The first kappa shape index (κ1) is 18.0. The number of rotatable bonds is 9. The quantitative estimate of drug-likeness (QED) is 0.582. The summed E-state index contributed by atoms with van der Waals surface area (Å²) in [5.41, 5.74) is 0.651. The molecule has 0 fully saturated rings. The van der Waals surface area contributed by atoms with Crippen LogP contribution in [0.1, 0.15) is 34.7 Å². The third-order valence-electron chi connectivity index (χ3n) is 3.84. The van der Waals surface area contributed by atoms with Crippen molar-refractivity contribution in [3.05, 3.63) is 70.7 Å². The summed E-state index contributed by atoms with van der Waals surface area (Å²) < 4.78 is 10.7. The standard InChI is InChI=1S/C19H20N2O4S/c22-18(6-1-8-20-19(23)15-7-11-26-14-15)21(12-16-4-2-9-24-16)13-17-5-3-10-25-17/h2-5,7,9-11,14H,1,6,8,12-13H2,(H,20,23). The largest absolute Gasteiger partial charge is 0.467 e. The lowest BCUT2D eigenvalue weighted by molar-refractivity contribution is -0.133. The predicted molar refractivity (Wildman–Crippen MR) is 97.6 cm³/mol. The molecular formula is C19H20N2O4S. The molecule has 3 rings (SSSR count). The lowest BCUT2D eigenvalue weighted by Crippen LogP contribution is -2.31. The van der Waals surface area contributed by atoms with Crippen LogP contribution in [0.15, 0.2) is 62.5 Å². The van der Waals surface area contributed by atoms with Crippen molar-refractivity contribution >= 4 is 23.2 Å². The van der Waals surface area contributed by atoms with Crippen LogP contribution in [0.25, 0.3) is 0 Å². The van der Waals surface area contributed by atoms with Gasteiger partial charge in [-0.3, -0.25) is 9.59 Å². The van der Waals surface area contributed by atoms with Gasteiger partial charge in [0.1, 0.15) is 11.5 Å². The van der Waals surface area contributed by atoms with Gasteiger partial charge in [0.15, 0.2) is 0 Å². The molecule has 3 aromatic rings. The van der Waals surface area contributed by atoms with Crippen LogP contribution in [-0.2, 0) is 17.9 Å². The fourth-order valence-corrected chi connectivity index (χ4v) is 3.14. The normalized spacial score (nSPS) is 10.6. The van der Waals surface area contributed by atoms with Crippen LogP contribution in [0.3, 0.4) is 0 Å². The molecule has 0 saturated carbocycles. The van der Waals surface area contributed by atoms with E-state index in [0.29, 0.717) is 38.0 Å². The van der Waals surface area contributed by atoms with E-state index >= 15 is 0 Å². The van der Waals surface area contributed by atoms with Crippen molar-refractivity contribution in [1.82, 2.24) is 10.2 Å². The summed E-state index contributed by atoms with van der Waals surface area (Å²) in [5.74, 6) is 1.32. The van der Waals surface area contributed by atoms with E-state index in [-0.39, 0.29) is 11.8 Å². The van der Waals surface area contributed by atoms with Gasteiger partial charge in [-0.25, -0.2) is 0 Å². The molecule has 1 N–H and O–H groups in total. The van der Waals surface area contributed by atoms with Gasteiger partial charge in [-0.15, -0.1) is 0 Å². The number of carbonyl (C=O) groups is 2. The minimum atomic E-state index is -0.110. The van der Waals surface area contributed by atoms with Crippen molar-refractivity contribution < 1.29 is 18.4 Å². The molecule has 0 bridgehead atoms. The van der Waals surface area contributed by atoms with Crippen molar-refractivity contribution in [1.29, 1.82) is 0 Å². The highest BCUT2D eigenvalue weighted by molar-refractivity contribution is 7.08. The molecule has 3 aromatic heterocycles. The Labute approximate surface area is 155 Å². The lowest BCUT2D eigenvalue weighted by Gasteiger charge is -2.20. The van der Waals surface area contributed by atoms with Crippen molar-refractivity contribution in [2.45, 2.75) is 25.9 Å². The highest BCUT2D eigenvalue weighted by atomic mass is 32.1. The highest BCUT2D eigenvalue weighted by Gasteiger charge is 2.17. The maximum atomic E-state index is 12.6. The molecule has 0 unspecified atom stereocenters. The minimum absolute atomic E-state index is 0.0115. The van der Waals surface area contributed by atoms with E-state index < -0.39 is 0 Å².